The van der Waals surface area contributed by atoms with Crippen LogP contribution in [0.25, 0.3) is 0 Å². The van der Waals surface area contributed by atoms with Crippen LogP contribution in [0.5, 0.6) is 0 Å². The second-order valence-electron chi connectivity index (χ2n) is 5.82. The molecule has 0 unspecified atom stereocenters. The standard InChI is InChI=1S/C16H24N2OS/c1-12-7-9-16(11-17,10-8-12)15(19)18-13-5-3-4-6-14(13)20-2/h3-6,12H,7-11,17H2,1-2H3,(H,18,19). The molecule has 2 rings (SSSR count). The molecule has 0 heterocycles. The van der Waals surface area contributed by atoms with Gasteiger partial charge in [-0.2, -0.15) is 0 Å². The number of hydrogen-bond donors (Lipinski definition) is 2. The summed E-state index contributed by atoms with van der Waals surface area (Å²) in [4.78, 5) is 13.8. The van der Waals surface area contributed by atoms with Gasteiger partial charge in [-0.05, 0) is 50.0 Å². The molecule has 0 aliphatic heterocycles. The Kier molecular flexibility index (Phi) is 5.11. The minimum absolute atomic E-state index is 0.0911. The fraction of sp³-hybridized carbons (Fsp3) is 0.562. The molecule has 1 aromatic carbocycles. The van der Waals surface area contributed by atoms with Crippen molar-refractivity contribution in [1.82, 2.24) is 0 Å². The minimum Gasteiger partial charge on any atom is -0.329 e. The van der Waals surface area contributed by atoms with E-state index in [2.05, 4.69) is 12.2 Å². The second-order valence-corrected chi connectivity index (χ2v) is 6.67. The zero-order valence-corrected chi connectivity index (χ0v) is 13.1. The molecule has 1 fully saturated rings. The van der Waals surface area contributed by atoms with Crippen molar-refractivity contribution >= 4 is 23.4 Å². The summed E-state index contributed by atoms with van der Waals surface area (Å²) in [6.45, 7) is 2.69. The van der Waals surface area contributed by atoms with Crippen molar-refractivity contribution in [2.45, 2.75) is 37.5 Å². The highest BCUT2D eigenvalue weighted by molar-refractivity contribution is 7.98. The quantitative estimate of drug-likeness (QED) is 0.835. The van der Waals surface area contributed by atoms with Gasteiger partial charge in [-0.15, -0.1) is 11.8 Å². The lowest BCUT2D eigenvalue weighted by Gasteiger charge is -2.37. The summed E-state index contributed by atoms with van der Waals surface area (Å²) in [5.41, 5.74) is 6.47. The van der Waals surface area contributed by atoms with Crippen molar-refractivity contribution in [3.63, 3.8) is 0 Å². The maximum Gasteiger partial charge on any atom is 0.231 e. The summed E-state index contributed by atoms with van der Waals surface area (Å²) in [6.07, 6.45) is 6.01. The summed E-state index contributed by atoms with van der Waals surface area (Å²) in [6, 6.07) is 7.92. The summed E-state index contributed by atoms with van der Waals surface area (Å²) in [5.74, 6) is 0.800. The molecule has 1 aliphatic rings. The number of thioether (sulfide) groups is 1. The number of para-hydroxylation sites is 1. The lowest BCUT2D eigenvalue weighted by atomic mass is 9.70. The normalized spacial score (nSPS) is 26.2. The molecule has 1 amide bonds. The zero-order chi connectivity index (χ0) is 14.6. The van der Waals surface area contributed by atoms with Crippen molar-refractivity contribution in [1.29, 1.82) is 0 Å². The maximum atomic E-state index is 12.7. The number of hydrogen-bond acceptors (Lipinski definition) is 3. The van der Waals surface area contributed by atoms with Crippen LogP contribution in [0.15, 0.2) is 29.2 Å². The number of rotatable bonds is 4. The number of anilines is 1. The predicted molar refractivity (Wildman–Crippen MR) is 86.0 cm³/mol. The van der Waals surface area contributed by atoms with Crippen molar-refractivity contribution in [2.24, 2.45) is 17.1 Å². The Morgan fingerprint density at radius 3 is 2.65 bits per heavy atom. The summed E-state index contributed by atoms with van der Waals surface area (Å²) >= 11 is 1.64. The molecule has 4 heteroatoms. The highest BCUT2D eigenvalue weighted by Gasteiger charge is 2.39. The number of nitrogens with two attached hydrogens (primary N) is 1. The van der Waals surface area contributed by atoms with Crippen LogP contribution in [0.2, 0.25) is 0 Å². The molecule has 0 aromatic heterocycles. The third kappa shape index (κ3) is 3.18. The van der Waals surface area contributed by atoms with Crippen molar-refractivity contribution in [3.05, 3.63) is 24.3 Å². The third-order valence-corrected chi connectivity index (χ3v) is 5.25. The fourth-order valence-electron chi connectivity index (χ4n) is 2.84. The van der Waals surface area contributed by atoms with E-state index < -0.39 is 0 Å². The number of carbonyl (C=O) groups excluding carboxylic acids is 1. The smallest absolute Gasteiger partial charge is 0.231 e. The van der Waals surface area contributed by atoms with Crippen LogP contribution in [0, 0.1) is 11.3 Å². The van der Waals surface area contributed by atoms with E-state index in [9.17, 15) is 4.79 Å². The van der Waals surface area contributed by atoms with Gasteiger partial charge in [-0.25, -0.2) is 0 Å². The molecule has 1 aromatic rings. The van der Waals surface area contributed by atoms with Crippen molar-refractivity contribution in [3.8, 4) is 0 Å². The van der Waals surface area contributed by atoms with Crippen LogP contribution in [0.1, 0.15) is 32.6 Å². The van der Waals surface area contributed by atoms with Gasteiger partial charge < -0.3 is 11.1 Å². The molecular formula is C16H24N2OS. The third-order valence-electron chi connectivity index (χ3n) is 4.46. The number of amides is 1. The van der Waals surface area contributed by atoms with Crippen LogP contribution >= 0.6 is 11.8 Å². The zero-order valence-electron chi connectivity index (χ0n) is 12.3. The van der Waals surface area contributed by atoms with Gasteiger partial charge in [-0.3, -0.25) is 4.79 Å². The fourth-order valence-corrected chi connectivity index (χ4v) is 3.40. The van der Waals surface area contributed by atoms with Crippen molar-refractivity contribution in [2.75, 3.05) is 18.1 Å². The Morgan fingerprint density at radius 2 is 2.05 bits per heavy atom. The van der Waals surface area contributed by atoms with Gasteiger partial charge in [0, 0.05) is 11.4 Å². The monoisotopic (exact) mass is 292 g/mol. The van der Waals surface area contributed by atoms with Crippen LogP contribution in [0.3, 0.4) is 0 Å². The van der Waals surface area contributed by atoms with Crippen LogP contribution < -0.4 is 11.1 Å². The molecule has 0 saturated heterocycles. The summed E-state index contributed by atoms with van der Waals surface area (Å²) < 4.78 is 0. The molecule has 0 spiro atoms. The highest BCUT2D eigenvalue weighted by Crippen LogP contribution is 2.39. The van der Waals surface area contributed by atoms with Gasteiger partial charge in [0.1, 0.15) is 0 Å². The van der Waals surface area contributed by atoms with Crippen LogP contribution in [0.4, 0.5) is 5.69 Å². The van der Waals surface area contributed by atoms with E-state index in [1.807, 2.05) is 30.5 Å². The Morgan fingerprint density at radius 1 is 1.40 bits per heavy atom. The van der Waals surface area contributed by atoms with Gasteiger partial charge >= 0.3 is 0 Å². The van der Waals surface area contributed by atoms with Gasteiger partial charge in [0.15, 0.2) is 0 Å². The first-order valence-electron chi connectivity index (χ1n) is 7.26. The lowest BCUT2D eigenvalue weighted by Crippen LogP contribution is -2.44. The number of nitrogens with one attached hydrogen (secondary N) is 1. The van der Waals surface area contributed by atoms with Crippen molar-refractivity contribution < 1.29 is 4.79 Å². The maximum absolute atomic E-state index is 12.7. The van der Waals surface area contributed by atoms with E-state index in [1.54, 1.807) is 11.8 Å². The van der Waals surface area contributed by atoms with Gasteiger partial charge in [0.05, 0.1) is 11.1 Å². The second kappa shape index (κ2) is 6.64. The lowest BCUT2D eigenvalue weighted by molar-refractivity contribution is -0.127. The van der Waals surface area contributed by atoms with Gasteiger partial charge in [-0.1, -0.05) is 19.1 Å². The molecule has 0 radical (unpaired) electrons. The van der Waals surface area contributed by atoms with Crippen LogP contribution in [-0.2, 0) is 4.79 Å². The minimum atomic E-state index is -0.377. The molecule has 1 aliphatic carbocycles. The average Bonchev–Trinajstić information content (AvgIpc) is 2.49. The first-order valence-corrected chi connectivity index (χ1v) is 8.48. The van der Waals surface area contributed by atoms with E-state index in [1.165, 1.54) is 0 Å². The van der Waals surface area contributed by atoms with Crippen LogP contribution in [-0.4, -0.2) is 18.7 Å². The van der Waals surface area contributed by atoms with E-state index in [0.717, 1.165) is 36.3 Å². The van der Waals surface area contributed by atoms with Gasteiger partial charge in [0.2, 0.25) is 5.91 Å². The number of benzene rings is 1. The summed E-state index contributed by atoms with van der Waals surface area (Å²) in [5, 5.41) is 3.10. The Bertz CT molecular complexity index is 467. The molecule has 0 bridgehead atoms. The largest absolute Gasteiger partial charge is 0.329 e. The Labute approximate surface area is 125 Å². The molecule has 3 nitrogen and oxygen atoms in total. The molecule has 110 valence electrons. The average molecular weight is 292 g/mol. The Balaban J connectivity index is 2.13. The Hall–Kier alpha value is -1.00. The molecule has 0 atom stereocenters. The first-order chi connectivity index (χ1) is 9.61. The SMILES string of the molecule is CSc1ccccc1NC(=O)C1(CN)CCC(C)CC1. The van der Waals surface area contributed by atoms with E-state index in [4.69, 9.17) is 5.73 Å². The topological polar surface area (TPSA) is 55.1 Å². The molecule has 20 heavy (non-hydrogen) atoms. The highest BCUT2D eigenvalue weighted by atomic mass is 32.2. The van der Waals surface area contributed by atoms with Gasteiger partial charge in [0.25, 0.3) is 0 Å². The molecular weight excluding hydrogens is 268 g/mol. The number of carbonyl (C=O) groups is 1. The predicted octanol–water partition coefficient (Wildman–Crippen LogP) is 3.50. The molecule has 3 N–H and O–H groups in total. The van der Waals surface area contributed by atoms with E-state index >= 15 is 0 Å². The van der Waals surface area contributed by atoms with E-state index in [-0.39, 0.29) is 11.3 Å². The van der Waals surface area contributed by atoms with E-state index in [0.29, 0.717) is 12.5 Å². The summed E-state index contributed by atoms with van der Waals surface area (Å²) in [7, 11) is 0. The first kappa shape index (κ1) is 15.4. The molecule has 1 saturated carbocycles.